The highest BCUT2D eigenvalue weighted by molar-refractivity contribution is 8.18. The molecule has 0 spiro atoms. The molecule has 0 atom stereocenters. The molecule has 0 unspecified atom stereocenters. The van der Waals surface area contributed by atoms with E-state index >= 15 is 0 Å². The van der Waals surface area contributed by atoms with E-state index in [2.05, 4.69) is 10.3 Å². The average molecular weight is 383 g/mol. The van der Waals surface area contributed by atoms with Gasteiger partial charge in [0.2, 0.25) is 0 Å². The molecule has 0 aromatic heterocycles. The van der Waals surface area contributed by atoms with Gasteiger partial charge >= 0.3 is 0 Å². The summed E-state index contributed by atoms with van der Waals surface area (Å²) in [5.41, 5.74) is 6.71. The highest BCUT2D eigenvalue weighted by atomic mass is 32.2. The first kappa shape index (κ1) is 18.5. The van der Waals surface area contributed by atoms with E-state index in [9.17, 15) is 14.7 Å². The van der Waals surface area contributed by atoms with Crippen LogP contribution in [0.15, 0.2) is 52.4 Å². The minimum atomic E-state index is -0.590. The zero-order valence-electron chi connectivity index (χ0n) is 14.4. The second-order valence-corrected chi connectivity index (χ2v) is 6.55. The van der Waals surface area contributed by atoms with Gasteiger partial charge in [-0.25, -0.2) is 4.99 Å². The Labute approximate surface area is 159 Å². The number of carbonyl (C=O) groups excluding carboxylic acids is 2. The van der Waals surface area contributed by atoms with Gasteiger partial charge in [0.25, 0.3) is 11.8 Å². The molecule has 2 aromatic carbocycles. The van der Waals surface area contributed by atoms with Crippen LogP contribution in [-0.4, -0.2) is 28.7 Å². The van der Waals surface area contributed by atoms with Crippen LogP contribution in [0.3, 0.4) is 0 Å². The van der Waals surface area contributed by atoms with E-state index in [-0.39, 0.29) is 17.2 Å². The molecule has 2 amide bonds. The average Bonchev–Trinajstić information content (AvgIpc) is 2.97. The van der Waals surface area contributed by atoms with Gasteiger partial charge in [0.1, 0.15) is 0 Å². The number of aromatic hydroxyl groups is 1. The quantitative estimate of drug-likeness (QED) is 0.687. The van der Waals surface area contributed by atoms with Crippen LogP contribution in [0, 0.1) is 0 Å². The molecule has 1 aliphatic heterocycles. The highest BCUT2D eigenvalue weighted by Crippen LogP contribution is 2.32. The number of phenols is 1. The molecule has 27 heavy (non-hydrogen) atoms. The summed E-state index contributed by atoms with van der Waals surface area (Å²) in [7, 11) is 0. The lowest BCUT2D eigenvalue weighted by molar-refractivity contribution is -0.115. The molecule has 0 saturated carbocycles. The molecule has 0 aliphatic carbocycles. The number of rotatable bonds is 5. The lowest BCUT2D eigenvalue weighted by atomic mass is 10.2. The summed E-state index contributed by atoms with van der Waals surface area (Å²) in [6, 6.07) is 11.5. The Bertz CT molecular complexity index is 969. The van der Waals surface area contributed by atoms with Gasteiger partial charge in [-0.05, 0) is 54.6 Å². The van der Waals surface area contributed by atoms with Crippen LogP contribution in [0.4, 0.5) is 5.69 Å². The smallest absolute Gasteiger partial charge is 0.264 e. The van der Waals surface area contributed by atoms with E-state index in [4.69, 9.17) is 10.5 Å². The number of primary amides is 1. The van der Waals surface area contributed by atoms with Crippen molar-refractivity contribution in [3.63, 3.8) is 0 Å². The van der Waals surface area contributed by atoms with Gasteiger partial charge in [0.05, 0.1) is 22.8 Å². The van der Waals surface area contributed by atoms with E-state index in [1.807, 2.05) is 6.92 Å². The number of amidine groups is 1. The summed E-state index contributed by atoms with van der Waals surface area (Å²) in [6.07, 6.45) is 1.67. The largest absolute Gasteiger partial charge is 0.504 e. The molecule has 3 rings (SSSR count). The van der Waals surface area contributed by atoms with E-state index in [0.29, 0.717) is 33.7 Å². The van der Waals surface area contributed by atoms with Crippen molar-refractivity contribution in [1.29, 1.82) is 0 Å². The number of nitrogens with zero attached hydrogens (tertiary/aromatic N) is 1. The summed E-state index contributed by atoms with van der Waals surface area (Å²) in [6.45, 7) is 2.23. The summed E-state index contributed by atoms with van der Waals surface area (Å²) in [5, 5.41) is 12.8. The number of ether oxygens (including phenoxy) is 1. The Kier molecular flexibility index (Phi) is 5.46. The van der Waals surface area contributed by atoms with Crippen LogP contribution in [-0.2, 0) is 4.79 Å². The van der Waals surface area contributed by atoms with Gasteiger partial charge in [-0.3, -0.25) is 9.59 Å². The molecular formula is C19H17N3O4S. The maximum absolute atomic E-state index is 12.2. The number of carbonyl (C=O) groups is 2. The predicted molar refractivity (Wildman–Crippen MR) is 105 cm³/mol. The van der Waals surface area contributed by atoms with Crippen LogP contribution in [0.25, 0.3) is 6.08 Å². The Hall–Kier alpha value is -3.26. The van der Waals surface area contributed by atoms with Crippen molar-refractivity contribution in [3.8, 4) is 11.5 Å². The Morgan fingerprint density at radius 2 is 2.11 bits per heavy atom. The molecule has 2 aromatic rings. The molecule has 1 saturated heterocycles. The fraction of sp³-hybridized carbons (Fsp3) is 0.105. The van der Waals surface area contributed by atoms with Crippen LogP contribution < -0.4 is 15.8 Å². The second kappa shape index (κ2) is 7.96. The minimum absolute atomic E-state index is 0.0350. The van der Waals surface area contributed by atoms with Crippen molar-refractivity contribution in [1.82, 2.24) is 5.32 Å². The van der Waals surface area contributed by atoms with Gasteiger partial charge in [-0.2, -0.15) is 0 Å². The Balaban J connectivity index is 1.87. The van der Waals surface area contributed by atoms with Gasteiger partial charge in [0.15, 0.2) is 16.7 Å². The zero-order chi connectivity index (χ0) is 19.4. The van der Waals surface area contributed by atoms with Crippen LogP contribution in [0.2, 0.25) is 0 Å². The number of hydrogen-bond acceptors (Lipinski definition) is 6. The predicted octanol–water partition coefficient (Wildman–Crippen LogP) is 2.78. The molecule has 4 N–H and O–H groups in total. The number of hydrogen-bond donors (Lipinski definition) is 3. The van der Waals surface area contributed by atoms with Gasteiger partial charge in [0, 0.05) is 0 Å². The molecule has 0 radical (unpaired) electrons. The fourth-order valence-electron chi connectivity index (χ4n) is 2.41. The summed E-state index contributed by atoms with van der Waals surface area (Å²) < 4.78 is 5.35. The van der Waals surface area contributed by atoms with Crippen molar-refractivity contribution >= 4 is 40.5 Å². The Morgan fingerprint density at radius 3 is 2.85 bits per heavy atom. The molecule has 1 fully saturated rings. The molecule has 7 nitrogen and oxygen atoms in total. The minimum Gasteiger partial charge on any atom is -0.504 e. The standard InChI is InChI=1S/C19H17N3O4S/c1-2-26-15-9-11(7-8-14(15)23)10-16-18(25)22-19(27-16)21-13-6-4-3-5-12(13)17(20)24/h3-10,23H,2H2,1H3,(H2,20,24)(H,21,22,25)/b16-10-. The summed E-state index contributed by atoms with van der Waals surface area (Å²) in [4.78, 5) is 28.5. The SMILES string of the molecule is CCOc1cc(/C=C2\SC(=Nc3ccccc3C(N)=O)NC2=O)ccc1O. The number of nitrogens with one attached hydrogen (secondary N) is 1. The molecular weight excluding hydrogens is 366 g/mol. The summed E-state index contributed by atoms with van der Waals surface area (Å²) in [5.74, 6) is -0.513. The maximum Gasteiger partial charge on any atom is 0.264 e. The number of phenolic OH excluding ortho intramolecular Hbond substituents is 1. The first-order valence-electron chi connectivity index (χ1n) is 8.12. The first-order chi connectivity index (χ1) is 13.0. The Morgan fingerprint density at radius 1 is 1.33 bits per heavy atom. The third-order valence-electron chi connectivity index (χ3n) is 3.62. The third kappa shape index (κ3) is 4.29. The molecule has 1 aliphatic rings. The number of thioether (sulfide) groups is 1. The van der Waals surface area contributed by atoms with E-state index in [1.54, 1.807) is 42.5 Å². The molecule has 0 bridgehead atoms. The van der Waals surface area contributed by atoms with Crippen LogP contribution in [0.1, 0.15) is 22.8 Å². The number of para-hydroxylation sites is 1. The lowest BCUT2D eigenvalue weighted by Crippen LogP contribution is -2.19. The van der Waals surface area contributed by atoms with Crippen LogP contribution in [0.5, 0.6) is 11.5 Å². The number of nitrogens with two attached hydrogens (primary N) is 1. The lowest BCUT2D eigenvalue weighted by Gasteiger charge is -2.06. The van der Waals surface area contributed by atoms with Crippen LogP contribution >= 0.6 is 11.8 Å². The van der Waals surface area contributed by atoms with Crippen molar-refractivity contribution in [2.45, 2.75) is 6.92 Å². The normalized spacial score (nSPS) is 16.6. The summed E-state index contributed by atoms with van der Waals surface area (Å²) >= 11 is 1.15. The highest BCUT2D eigenvalue weighted by Gasteiger charge is 2.24. The molecule has 1 heterocycles. The molecule has 138 valence electrons. The van der Waals surface area contributed by atoms with E-state index in [1.165, 1.54) is 6.07 Å². The second-order valence-electron chi connectivity index (χ2n) is 5.52. The zero-order valence-corrected chi connectivity index (χ0v) is 15.2. The number of benzene rings is 2. The van der Waals surface area contributed by atoms with Crippen molar-refractivity contribution in [2.75, 3.05) is 6.61 Å². The van der Waals surface area contributed by atoms with Crippen molar-refractivity contribution < 1.29 is 19.4 Å². The van der Waals surface area contributed by atoms with Gasteiger partial charge in [-0.1, -0.05) is 18.2 Å². The van der Waals surface area contributed by atoms with E-state index in [0.717, 1.165) is 11.8 Å². The van der Waals surface area contributed by atoms with E-state index < -0.39 is 5.91 Å². The van der Waals surface area contributed by atoms with Crippen molar-refractivity contribution in [2.24, 2.45) is 10.7 Å². The monoisotopic (exact) mass is 383 g/mol. The topological polar surface area (TPSA) is 114 Å². The fourth-order valence-corrected chi connectivity index (χ4v) is 3.25. The maximum atomic E-state index is 12.2. The van der Waals surface area contributed by atoms with Gasteiger partial charge in [-0.15, -0.1) is 0 Å². The first-order valence-corrected chi connectivity index (χ1v) is 8.94. The number of aliphatic imine (C=N–C) groups is 1. The number of amides is 2. The third-order valence-corrected chi connectivity index (χ3v) is 4.53. The molecule has 8 heteroatoms. The van der Waals surface area contributed by atoms with Crippen molar-refractivity contribution in [3.05, 3.63) is 58.5 Å². The van der Waals surface area contributed by atoms with Gasteiger partial charge < -0.3 is 20.9 Å².